The zero-order chi connectivity index (χ0) is 37.8. The number of rotatable bonds is 14. The highest BCUT2D eigenvalue weighted by molar-refractivity contribution is 5.69. The highest BCUT2D eigenvalue weighted by atomic mass is 19.1. The van der Waals surface area contributed by atoms with Crippen molar-refractivity contribution in [1.82, 2.24) is 9.80 Å². The number of carboxylic acid groups (broad SMARTS) is 1. The van der Waals surface area contributed by atoms with Crippen molar-refractivity contribution in [2.75, 3.05) is 40.8 Å². The van der Waals surface area contributed by atoms with E-state index in [0.717, 1.165) is 52.8 Å². The number of hydrogen-bond donors (Lipinski definition) is 1. The van der Waals surface area contributed by atoms with Crippen molar-refractivity contribution < 1.29 is 28.2 Å². The fourth-order valence-electron chi connectivity index (χ4n) is 6.55. The largest absolute Gasteiger partial charge is 0.486 e. The van der Waals surface area contributed by atoms with E-state index in [9.17, 15) is 13.6 Å². The van der Waals surface area contributed by atoms with E-state index in [-0.39, 0.29) is 24.3 Å². The first kappa shape index (κ1) is 38.8. The predicted octanol–water partition coefficient (Wildman–Crippen LogP) is 8.83. The van der Waals surface area contributed by atoms with E-state index in [1.54, 1.807) is 36.2 Å². The lowest BCUT2D eigenvalue weighted by Gasteiger charge is -2.31. The minimum absolute atomic E-state index is 0.0398. The third-order valence-corrected chi connectivity index (χ3v) is 9.25. The molecule has 5 aromatic carbocycles. The Balaban J connectivity index is 0.000000208. The lowest BCUT2D eigenvalue weighted by Crippen LogP contribution is -2.28. The summed E-state index contributed by atoms with van der Waals surface area (Å²) in [4.78, 5) is 14.8. The highest BCUT2D eigenvalue weighted by Gasteiger charge is 2.41. The van der Waals surface area contributed by atoms with Crippen LogP contribution in [-0.4, -0.2) is 61.7 Å². The molecular weight excluding hydrogens is 672 g/mol. The van der Waals surface area contributed by atoms with Crippen LogP contribution in [0.2, 0.25) is 0 Å². The Labute approximate surface area is 310 Å². The molecule has 1 aliphatic heterocycles. The van der Waals surface area contributed by atoms with Crippen molar-refractivity contribution in [1.29, 1.82) is 5.26 Å². The van der Waals surface area contributed by atoms with Crippen LogP contribution < -0.4 is 4.74 Å². The maximum absolute atomic E-state index is 13.4. The van der Waals surface area contributed by atoms with Crippen LogP contribution >= 0.6 is 0 Å². The Hall–Kier alpha value is -5.40. The van der Waals surface area contributed by atoms with Crippen LogP contribution in [0.1, 0.15) is 53.2 Å². The molecule has 5 aromatic rings. The van der Waals surface area contributed by atoms with Crippen molar-refractivity contribution in [3.63, 3.8) is 0 Å². The first-order valence-electron chi connectivity index (χ1n) is 17.6. The Morgan fingerprint density at radius 2 is 1.51 bits per heavy atom. The van der Waals surface area contributed by atoms with Gasteiger partial charge < -0.3 is 19.5 Å². The van der Waals surface area contributed by atoms with Crippen LogP contribution in [-0.2, 0) is 21.7 Å². The van der Waals surface area contributed by atoms with Gasteiger partial charge in [0.25, 0.3) is 0 Å². The molecule has 1 heterocycles. The minimum atomic E-state index is -0.872. The summed E-state index contributed by atoms with van der Waals surface area (Å²) in [5.41, 5.74) is 6.25. The molecule has 0 saturated heterocycles. The summed E-state index contributed by atoms with van der Waals surface area (Å²) in [5, 5.41) is 18.0. The number of carbonyl (C=O) groups is 1. The summed E-state index contributed by atoms with van der Waals surface area (Å²) in [6.45, 7) is 1.93. The second kappa shape index (κ2) is 18.4. The van der Waals surface area contributed by atoms with Crippen LogP contribution in [0.15, 0.2) is 121 Å². The van der Waals surface area contributed by atoms with Gasteiger partial charge in [-0.25, -0.2) is 8.78 Å². The Kier molecular flexibility index (Phi) is 13.5. The van der Waals surface area contributed by atoms with Gasteiger partial charge in [0, 0.05) is 13.0 Å². The summed E-state index contributed by atoms with van der Waals surface area (Å²) >= 11 is 0. The second-order valence-corrected chi connectivity index (χ2v) is 13.5. The average Bonchev–Trinajstić information content (AvgIpc) is 3.53. The third-order valence-electron chi connectivity index (χ3n) is 9.25. The lowest BCUT2D eigenvalue weighted by molar-refractivity contribution is -0.138. The first-order valence-corrected chi connectivity index (χ1v) is 17.6. The fourth-order valence-corrected chi connectivity index (χ4v) is 6.55. The summed E-state index contributed by atoms with van der Waals surface area (Å²) in [6, 6.07) is 38.6. The summed E-state index contributed by atoms with van der Waals surface area (Å²) < 4.78 is 39.2. The number of aliphatic carboxylic acids is 1. The molecule has 53 heavy (non-hydrogen) atoms. The summed E-state index contributed by atoms with van der Waals surface area (Å²) in [5.74, 6) is -0.717. The molecule has 0 saturated carbocycles. The van der Waals surface area contributed by atoms with Crippen LogP contribution in [0.4, 0.5) is 8.78 Å². The van der Waals surface area contributed by atoms with Gasteiger partial charge in [0.05, 0.1) is 24.8 Å². The molecule has 1 N–H and O–H groups in total. The fraction of sp³-hybridized carbons (Fsp3) is 0.273. The Morgan fingerprint density at radius 1 is 0.868 bits per heavy atom. The van der Waals surface area contributed by atoms with E-state index in [2.05, 4.69) is 23.1 Å². The van der Waals surface area contributed by atoms with Crippen molar-refractivity contribution in [3.8, 4) is 22.9 Å². The van der Waals surface area contributed by atoms with E-state index in [1.807, 2.05) is 74.8 Å². The molecule has 0 aliphatic carbocycles. The molecule has 274 valence electrons. The van der Waals surface area contributed by atoms with E-state index < -0.39 is 11.6 Å². The molecule has 0 fully saturated rings. The van der Waals surface area contributed by atoms with Crippen LogP contribution in [0.5, 0.6) is 5.75 Å². The number of nitriles is 1. The second-order valence-electron chi connectivity index (χ2n) is 13.5. The van der Waals surface area contributed by atoms with Gasteiger partial charge in [-0.15, -0.1) is 0 Å². The average molecular weight is 718 g/mol. The van der Waals surface area contributed by atoms with Gasteiger partial charge in [0.2, 0.25) is 0 Å². The molecule has 0 spiro atoms. The molecule has 0 amide bonds. The molecule has 0 bridgehead atoms. The molecule has 0 aromatic heterocycles. The molecule has 2 unspecified atom stereocenters. The number of hydrogen-bond acceptors (Lipinski definition) is 6. The number of halogens is 2. The van der Waals surface area contributed by atoms with Gasteiger partial charge in [-0.05, 0) is 122 Å². The molecule has 9 heteroatoms. The quantitative estimate of drug-likeness (QED) is 0.123. The maximum atomic E-state index is 13.4. The van der Waals surface area contributed by atoms with E-state index >= 15 is 0 Å². The normalized spacial score (nSPS) is 15.3. The zero-order valence-electron chi connectivity index (χ0n) is 30.3. The van der Waals surface area contributed by atoms with Crippen molar-refractivity contribution in [2.45, 2.75) is 37.6 Å². The molecule has 1 aliphatic rings. The van der Waals surface area contributed by atoms with Gasteiger partial charge in [0.1, 0.15) is 29.1 Å². The maximum Gasteiger partial charge on any atom is 0.317 e. The van der Waals surface area contributed by atoms with Gasteiger partial charge in [-0.1, -0.05) is 72.8 Å². The van der Waals surface area contributed by atoms with Crippen molar-refractivity contribution >= 4 is 5.97 Å². The number of likely N-dealkylation sites (N-methyl/N-ethyl adjacent to an activating group) is 1. The SMILES string of the molecule is CN(C)CCCC1(c2ccc(F)cc2)OCc2cc(C#N)ccc21.CN(CCC(Oc1ccc(-c2ccccc2)cc1)c1ccc(F)cc1)CC(=O)O. The van der Waals surface area contributed by atoms with Gasteiger partial charge in [-0.2, -0.15) is 5.26 Å². The van der Waals surface area contributed by atoms with Crippen LogP contribution in [0, 0.1) is 23.0 Å². The van der Waals surface area contributed by atoms with Gasteiger partial charge in [-0.3, -0.25) is 9.69 Å². The van der Waals surface area contributed by atoms with E-state index in [0.29, 0.717) is 30.9 Å². The molecule has 2 atom stereocenters. The monoisotopic (exact) mass is 717 g/mol. The molecule has 0 radical (unpaired) electrons. The third kappa shape index (κ3) is 10.6. The summed E-state index contributed by atoms with van der Waals surface area (Å²) in [7, 11) is 5.85. The van der Waals surface area contributed by atoms with E-state index in [4.69, 9.17) is 19.8 Å². The van der Waals surface area contributed by atoms with Crippen molar-refractivity contribution in [2.24, 2.45) is 0 Å². The summed E-state index contributed by atoms with van der Waals surface area (Å²) in [6.07, 6.45) is 2.05. The number of fused-ring (bicyclic) bond motifs is 1. The van der Waals surface area contributed by atoms with Gasteiger partial charge >= 0.3 is 5.97 Å². The van der Waals surface area contributed by atoms with E-state index in [1.165, 1.54) is 24.3 Å². The number of benzene rings is 5. The first-order chi connectivity index (χ1) is 25.6. The smallest absolute Gasteiger partial charge is 0.317 e. The Bertz CT molecular complexity index is 1960. The number of carboxylic acids is 1. The topological polar surface area (TPSA) is 86.0 Å². The lowest BCUT2D eigenvalue weighted by atomic mass is 9.81. The van der Waals surface area contributed by atoms with Crippen molar-refractivity contribution in [3.05, 3.63) is 161 Å². The number of nitrogens with zero attached hydrogens (tertiary/aromatic N) is 3. The predicted molar refractivity (Wildman–Crippen MR) is 202 cm³/mol. The van der Waals surface area contributed by atoms with Gasteiger partial charge in [0.15, 0.2) is 0 Å². The molecule has 7 nitrogen and oxygen atoms in total. The molecular formula is C44H45F2N3O4. The minimum Gasteiger partial charge on any atom is -0.486 e. The van der Waals surface area contributed by atoms with Crippen LogP contribution in [0.25, 0.3) is 11.1 Å². The van der Waals surface area contributed by atoms with Crippen LogP contribution in [0.3, 0.4) is 0 Å². The Morgan fingerprint density at radius 3 is 2.13 bits per heavy atom. The standard InChI is InChI=1S/C24H24FNO3.C20H21FN2O/c1-26(17-24(27)28)16-15-23(20-7-11-21(25)12-8-20)29-22-13-9-19(10-14-22)18-5-3-2-4-6-18;1-23(2)11-3-10-20(17-5-7-18(21)8-6-17)19-9-4-15(13-22)12-16(19)14-24-20/h2-14,23H,15-17H2,1H3,(H,27,28);4-9,12H,3,10-11,14H2,1-2H3. The molecule has 6 rings (SSSR count). The highest BCUT2D eigenvalue weighted by Crippen LogP contribution is 2.45. The zero-order valence-corrected chi connectivity index (χ0v) is 30.3. The number of ether oxygens (including phenoxy) is 2.